The third kappa shape index (κ3) is 8.12. The molecule has 1 heterocycles. The predicted octanol–water partition coefficient (Wildman–Crippen LogP) is 3.85. The van der Waals surface area contributed by atoms with Crippen LogP contribution in [0.3, 0.4) is 0 Å². The number of benzene rings is 2. The van der Waals surface area contributed by atoms with Crippen LogP contribution in [0.2, 0.25) is 0 Å². The van der Waals surface area contributed by atoms with E-state index in [1.54, 1.807) is 58.2 Å². The lowest BCUT2D eigenvalue weighted by molar-refractivity contribution is -0.157. The van der Waals surface area contributed by atoms with Crippen molar-refractivity contribution >= 4 is 17.1 Å². The van der Waals surface area contributed by atoms with Gasteiger partial charge in [0.15, 0.2) is 5.82 Å². The van der Waals surface area contributed by atoms with E-state index in [1.165, 1.54) is 35.0 Å². The Morgan fingerprint density at radius 3 is 2.03 bits per heavy atom. The summed E-state index contributed by atoms with van der Waals surface area (Å²) in [7, 11) is 1.64. The number of aliphatic hydroxyl groups excluding tert-OH is 2. The van der Waals surface area contributed by atoms with Crippen LogP contribution in [-0.2, 0) is 16.6 Å². The highest BCUT2D eigenvalue weighted by Crippen LogP contribution is 2.33. The molecule has 10 heteroatoms. The van der Waals surface area contributed by atoms with Crippen LogP contribution in [0.4, 0.5) is 8.78 Å². The molecule has 0 aliphatic carbocycles. The molecule has 0 radical (unpaired) electrons. The van der Waals surface area contributed by atoms with Gasteiger partial charge in [-0.3, -0.25) is 4.79 Å². The molecule has 0 unspecified atom stereocenters. The lowest BCUT2D eigenvalue weighted by Gasteiger charge is -2.21. The number of carbonyl (C=O) groups excluding carboxylic acids is 1. The first-order valence-corrected chi connectivity index (χ1v) is 11.7. The van der Waals surface area contributed by atoms with E-state index in [-0.39, 0.29) is 12.8 Å². The van der Waals surface area contributed by atoms with Crippen LogP contribution in [0.5, 0.6) is 0 Å². The molecule has 0 fully saturated rings. The first kappa shape index (κ1) is 27.8. The van der Waals surface area contributed by atoms with Gasteiger partial charge in [0, 0.05) is 19.0 Å². The summed E-state index contributed by atoms with van der Waals surface area (Å²) in [6, 6.07) is 11.5. The number of hydrogen-bond donors (Lipinski definition) is 2. The Morgan fingerprint density at radius 2 is 1.57 bits per heavy atom. The zero-order chi connectivity index (χ0) is 27.2. The Bertz CT molecular complexity index is 1220. The van der Waals surface area contributed by atoms with Gasteiger partial charge in [-0.05, 0) is 72.2 Å². The first-order chi connectivity index (χ1) is 17.4. The smallest absolute Gasteiger partial charge is 0.308 e. The van der Waals surface area contributed by atoms with Crippen molar-refractivity contribution in [2.75, 3.05) is 0 Å². The molecule has 0 aliphatic rings. The second-order valence-electron chi connectivity index (χ2n) is 9.54. The number of halogens is 2. The van der Waals surface area contributed by atoms with Gasteiger partial charge in [0.25, 0.3) is 0 Å². The largest absolute Gasteiger partial charge is 0.460 e. The van der Waals surface area contributed by atoms with E-state index in [0.717, 1.165) is 0 Å². The average Bonchev–Trinajstić information content (AvgIpc) is 3.22. The highest BCUT2D eigenvalue weighted by molar-refractivity contribution is 6.00. The summed E-state index contributed by atoms with van der Waals surface area (Å²) >= 11 is 0. The summed E-state index contributed by atoms with van der Waals surface area (Å²) in [5.74, 6) is -1.08. The maximum atomic E-state index is 13.7. The molecule has 37 heavy (non-hydrogen) atoms. The van der Waals surface area contributed by atoms with Crippen LogP contribution in [0, 0.1) is 11.6 Å². The summed E-state index contributed by atoms with van der Waals surface area (Å²) in [6.45, 7) is 5.18. The zero-order valence-corrected chi connectivity index (χ0v) is 21.1. The molecular weight excluding hydrogens is 482 g/mol. The topological polar surface area (TPSA) is 110 Å². The molecule has 1 aromatic heterocycles. The van der Waals surface area contributed by atoms with E-state index in [1.807, 2.05) is 0 Å². The molecule has 0 saturated carbocycles. The fourth-order valence-corrected chi connectivity index (χ4v) is 3.66. The quantitative estimate of drug-likeness (QED) is 0.331. The van der Waals surface area contributed by atoms with Gasteiger partial charge in [0.05, 0.1) is 18.6 Å². The second-order valence-corrected chi connectivity index (χ2v) is 9.54. The number of allylic oxidation sites excluding steroid dienone is 2. The van der Waals surface area contributed by atoms with Gasteiger partial charge in [0.2, 0.25) is 0 Å². The standard InChI is InChI=1S/C27H30F2N4O4/c1-27(2,3)37-24(36)16-22(35)15-21(34)13-14-23(26-30-31-32-33(26)4)25(17-5-9-19(28)10-6-17)18-7-11-20(29)12-8-18/h5-14,21-22,34-35H,15-16H2,1-4H3/b14-13+/t21-,22-/m1/s1. The number of rotatable bonds is 9. The highest BCUT2D eigenvalue weighted by Gasteiger charge is 2.21. The summed E-state index contributed by atoms with van der Waals surface area (Å²) in [6.07, 6.45) is 0.369. The molecule has 3 aromatic rings. The van der Waals surface area contributed by atoms with Crippen molar-refractivity contribution in [2.45, 2.75) is 51.4 Å². The second kappa shape index (κ2) is 12.0. The Morgan fingerprint density at radius 1 is 1.03 bits per heavy atom. The van der Waals surface area contributed by atoms with E-state index in [2.05, 4.69) is 15.5 Å². The molecule has 0 amide bonds. The van der Waals surface area contributed by atoms with Crippen molar-refractivity contribution in [1.82, 2.24) is 20.2 Å². The normalized spacial score (nSPS) is 13.4. The molecule has 0 bridgehead atoms. The molecule has 0 aliphatic heterocycles. The van der Waals surface area contributed by atoms with E-state index in [0.29, 0.717) is 28.1 Å². The van der Waals surface area contributed by atoms with Crippen LogP contribution in [0.25, 0.3) is 11.1 Å². The van der Waals surface area contributed by atoms with E-state index in [9.17, 15) is 23.8 Å². The van der Waals surface area contributed by atoms with Gasteiger partial charge in [-0.2, -0.15) is 0 Å². The van der Waals surface area contributed by atoms with Crippen molar-refractivity contribution < 1.29 is 28.5 Å². The third-order valence-electron chi connectivity index (χ3n) is 5.22. The zero-order valence-electron chi connectivity index (χ0n) is 21.1. The maximum Gasteiger partial charge on any atom is 0.308 e. The number of nitrogens with zero attached hydrogens (tertiary/aromatic N) is 4. The van der Waals surface area contributed by atoms with Crippen LogP contribution < -0.4 is 0 Å². The molecule has 196 valence electrons. The fraction of sp³-hybridized carbons (Fsp3) is 0.333. The van der Waals surface area contributed by atoms with Gasteiger partial charge in [-0.15, -0.1) is 5.10 Å². The number of aryl methyl sites for hydroxylation is 1. The number of aliphatic hydroxyl groups is 2. The maximum absolute atomic E-state index is 13.7. The lowest BCUT2D eigenvalue weighted by atomic mass is 9.91. The Hall–Kier alpha value is -3.76. The van der Waals surface area contributed by atoms with Gasteiger partial charge >= 0.3 is 5.97 Å². The lowest BCUT2D eigenvalue weighted by Crippen LogP contribution is -2.27. The number of tetrazole rings is 1. The summed E-state index contributed by atoms with van der Waals surface area (Å²) in [5, 5.41) is 32.6. The third-order valence-corrected chi connectivity index (χ3v) is 5.22. The van der Waals surface area contributed by atoms with Crippen molar-refractivity contribution in [3.8, 4) is 0 Å². The molecular formula is C27H30F2N4O4. The minimum Gasteiger partial charge on any atom is -0.460 e. The van der Waals surface area contributed by atoms with E-state index >= 15 is 0 Å². The van der Waals surface area contributed by atoms with Crippen molar-refractivity contribution in [3.05, 3.63) is 89.3 Å². The fourth-order valence-electron chi connectivity index (χ4n) is 3.66. The molecule has 2 aromatic carbocycles. The monoisotopic (exact) mass is 512 g/mol. The van der Waals surface area contributed by atoms with Crippen LogP contribution in [-0.4, -0.2) is 54.2 Å². The number of aromatic nitrogens is 4. The predicted molar refractivity (Wildman–Crippen MR) is 134 cm³/mol. The van der Waals surface area contributed by atoms with E-state index in [4.69, 9.17) is 4.74 Å². The van der Waals surface area contributed by atoms with Crippen molar-refractivity contribution in [3.63, 3.8) is 0 Å². The van der Waals surface area contributed by atoms with Crippen LogP contribution in [0.15, 0.2) is 60.7 Å². The van der Waals surface area contributed by atoms with Crippen LogP contribution in [0.1, 0.15) is 50.6 Å². The minimum absolute atomic E-state index is 0.123. The number of carbonyl (C=O) groups is 1. The highest BCUT2D eigenvalue weighted by atomic mass is 19.1. The Labute approximate surface area is 213 Å². The summed E-state index contributed by atoms with van der Waals surface area (Å²) in [4.78, 5) is 12.0. The van der Waals surface area contributed by atoms with Crippen molar-refractivity contribution in [2.24, 2.45) is 7.05 Å². The number of ether oxygens (including phenoxy) is 1. The van der Waals surface area contributed by atoms with E-state index < -0.39 is 35.4 Å². The Balaban J connectivity index is 1.99. The minimum atomic E-state index is -1.13. The molecule has 3 rings (SSSR count). The van der Waals surface area contributed by atoms with Gasteiger partial charge in [-0.1, -0.05) is 36.4 Å². The number of hydrogen-bond acceptors (Lipinski definition) is 7. The molecule has 2 atom stereocenters. The van der Waals surface area contributed by atoms with Gasteiger partial charge in [-0.25, -0.2) is 13.5 Å². The molecule has 0 saturated heterocycles. The summed E-state index contributed by atoms with van der Waals surface area (Å²) < 4.78 is 34.0. The molecule has 8 nitrogen and oxygen atoms in total. The first-order valence-electron chi connectivity index (χ1n) is 11.7. The summed E-state index contributed by atoms with van der Waals surface area (Å²) in [5.41, 5.74) is 1.56. The average molecular weight is 513 g/mol. The molecule has 0 spiro atoms. The van der Waals surface area contributed by atoms with Gasteiger partial charge < -0.3 is 14.9 Å². The Kier molecular flexibility index (Phi) is 9.01. The van der Waals surface area contributed by atoms with Crippen molar-refractivity contribution in [1.29, 1.82) is 0 Å². The SMILES string of the molecule is Cn1nnnc1C(/C=C/[C@@H](O)C[C@@H](O)CC(=O)OC(C)(C)C)=C(c1ccc(F)cc1)c1ccc(F)cc1. The molecule has 2 N–H and O–H groups in total. The van der Waals surface area contributed by atoms with Gasteiger partial charge in [0.1, 0.15) is 17.2 Å². The van der Waals surface area contributed by atoms with Crippen LogP contribution >= 0.6 is 0 Å². The number of esters is 1.